The van der Waals surface area contributed by atoms with E-state index in [0.29, 0.717) is 19.3 Å². The van der Waals surface area contributed by atoms with Gasteiger partial charge in [0, 0.05) is 19.4 Å². The van der Waals surface area contributed by atoms with Crippen molar-refractivity contribution in [3.05, 3.63) is 25.3 Å². The summed E-state index contributed by atoms with van der Waals surface area (Å²) in [4.78, 5) is 41.4. The largest absolute Gasteiger partial charge is 0.391 e. The number of β-amino-alcohol motifs (C(OH)–C–C–N with tert-alkyl or cyclic N) is 1. The molecule has 3 aliphatic rings. The number of Topliss-reactive ketones (excluding diaryl/α,β-unsaturated/α-hetero) is 1. The maximum Gasteiger partial charge on any atom is 0.240 e. The maximum absolute atomic E-state index is 13.5. The number of ether oxygens (including phenoxy) is 1. The number of nitrogens with one attached hydrogen (secondary N) is 1. The van der Waals surface area contributed by atoms with Crippen LogP contribution >= 0.6 is 0 Å². The lowest BCUT2D eigenvalue weighted by Crippen LogP contribution is -2.48. The average molecular weight is 539 g/mol. The van der Waals surface area contributed by atoms with Gasteiger partial charge >= 0.3 is 0 Å². The van der Waals surface area contributed by atoms with Gasteiger partial charge in [0.15, 0.2) is 5.78 Å². The number of carbonyl (C=O) groups excluding carboxylic acids is 3. The second kappa shape index (κ2) is 11.0. The number of aliphatic hydroxyl groups excluding tert-OH is 1. The highest BCUT2D eigenvalue weighted by Gasteiger charge is 2.62. The van der Waals surface area contributed by atoms with Gasteiger partial charge in [-0.25, -0.2) is 8.42 Å². The molecule has 2 N–H and O–H groups in total. The van der Waals surface area contributed by atoms with E-state index >= 15 is 0 Å². The van der Waals surface area contributed by atoms with Gasteiger partial charge in [0.05, 0.1) is 40.4 Å². The SMILES string of the molecule is C=CCC[C@@H](C)O[C@@H](C)[C@H](C)C(=O)N1C[C@H](O)C[C@H]1C(=O)C[C@]1(C(=O)NS(=O)(=O)C2(C)CC2)C[C@H]1C=C. The maximum atomic E-state index is 13.5. The van der Waals surface area contributed by atoms with E-state index in [2.05, 4.69) is 17.9 Å². The van der Waals surface area contributed by atoms with Crippen molar-refractivity contribution in [2.45, 2.75) is 102 Å². The third kappa shape index (κ3) is 6.17. The molecule has 9 nitrogen and oxygen atoms in total. The van der Waals surface area contributed by atoms with Crippen molar-refractivity contribution in [2.75, 3.05) is 6.54 Å². The average Bonchev–Trinajstić information content (AvgIpc) is 3.72. The molecule has 1 saturated heterocycles. The molecule has 0 aromatic heterocycles. The molecule has 2 aliphatic carbocycles. The van der Waals surface area contributed by atoms with Gasteiger partial charge in [-0.3, -0.25) is 19.1 Å². The molecule has 7 atom stereocenters. The Bertz CT molecular complexity index is 1040. The first-order chi connectivity index (χ1) is 17.2. The summed E-state index contributed by atoms with van der Waals surface area (Å²) in [5, 5.41) is 10.3. The fourth-order valence-corrected chi connectivity index (χ4v) is 6.47. The number of ketones is 1. The first kappa shape index (κ1) is 29.5. The zero-order chi connectivity index (χ0) is 27.8. The summed E-state index contributed by atoms with van der Waals surface area (Å²) in [5.41, 5.74) is -1.21. The zero-order valence-electron chi connectivity index (χ0n) is 22.4. The quantitative estimate of drug-likeness (QED) is 0.325. The predicted octanol–water partition coefficient (Wildman–Crippen LogP) is 2.49. The van der Waals surface area contributed by atoms with Crippen molar-refractivity contribution >= 4 is 27.6 Å². The zero-order valence-corrected chi connectivity index (χ0v) is 23.3. The molecule has 2 saturated carbocycles. The Labute approximate surface area is 220 Å². The van der Waals surface area contributed by atoms with Crippen molar-refractivity contribution in [2.24, 2.45) is 17.3 Å². The molecule has 1 aliphatic heterocycles. The summed E-state index contributed by atoms with van der Waals surface area (Å²) in [7, 11) is -3.85. The van der Waals surface area contributed by atoms with Crippen LogP contribution in [0.5, 0.6) is 0 Å². The lowest BCUT2D eigenvalue weighted by atomic mass is 9.91. The summed E-state index contributed by atoms with van der Waals surface area (Å²) in [6.07, 6.45) is 4.77. The molecule has 10 heteroatoms. The van der Waals surface area contributed by atoms with Crippen molar-refractivity contribution in [3.8, 4) is 0 Å². The molecule has 37 heavy (non-hydrogen) atoms. The summed E-state index contributed by atoms with van der Waals surface area (Å²) >= 11 is 0. The monoisotopic (exact) mass is 538 g/mol. The second-order valence-corrected chi connectivity index (χ2v) is 13.6. The highest BCUT2D eigenvalue weighted by Crippen LogP contribution is 2.57. The molecule has 0 aromatic rings. The molecule has 0 bridgehead atoms. The van der Waals surface area contributed by atoms with Crippen LogP contribution in [0.15, 0.2) is 25.3 Å². The van der Waals surface area contributed by atoms with Crippen molar-refractivity contribution in [3.63, 3.8) is 0 Å². The minimum absolute atomic E-state index is 0.0230. The standard InChI is InChI=1S/C27H42N2O7S/c1-7-9-10-17(3)36-19(5)18(4)24(32)29-16-21(30)13-22(29)23(31)15-27(14-20(27)8-2)25(33)28-37(34,35)26(6)11-12-26/h7-8,17-22,30H,1-2,9-16H2,3-6H3,(H,28,33)/t17-,18+,19+,20-,21-,22+,27-/m1/s1. The number of hydrogen-bond acceptors (Lipinski definition) is 7. The van der Waals surface area contributed by atoms with E-state index in [0.717, 1.165) is 12.8 Å². The van der Waals surface area contributed by atoms with Crippen molar-refractivity contribution in [1.82, 2.24) is 9.62 Å². The number of nitrogens with zero attached hydrogens (tertiary/aromatic N) is 1. The fourth-order valence-electron chi connectivity index (χ4n) is 5.14. The van der Waals surface area contributed by atoms with Crippen LogP contribution in [0.4, 0.5) is 0 Å². The number of sulfonamides is 1. The summed E-state index contributed by atoms with van der Waals surface area (Å²) in [5.74, 6) is -2.23. The Kier molecular flexibility index (Phi) is 8.76. The molecule has 0 spiro atoms. The molecule has 0 radical (unpaired) electrons. The second-order valence-electron chi connectivity index (χ2n) is 11.4. The number of allylic oxidation sites excluding steroid dienone is 2. The molecular formula is C27H42N2O7S. The smallest absolute Gasteiger partial charge is 0.240 e. The highest BCUT2D eigenvalue weighted by atomic mass is 32.2. The van der Waals surface area contributed by atoms with E-state index in [1.165, 1.54) is 4.90 Å². The van der Waals surface area contributed by atoms with Gasteiger partial charge in [-0.2, -0.15) is 0 Å². The Morgan fingerprint density at radius 1 is 1.22 bits per heavy atom. The number of aliphatic hydroxyl groups is 1. The van der Waals surface area contributed by atoms with Gasteiger partial charge < -0.3 is 14.7 Å². The van der Waals surface area contributed by atoms with Crippen molar-refractivity contribution < 1.29 is 32.6 Å². The van der Waals surface area contributed by atoms with E-state index in [-0.39, 0.29) is 43.1 Å². The van der Waals surface area contributed by atoms with E-state index in [4.69, 9.17) is 4.74 Å². The first-order valence-corrected chi connectivity index (χ1v) is 14.7. The van der Waals surface area contributed by atoms with Crippen molar-refractivity contribution in [1.29, 1.82) is 0 Å². The topological polar surface area (TPSA) is 130 Å². The molecular weight excluding hydrogens is 496 g/mol. The number of rotatable bonds is 14. The number of amides is 2. The molecule has 2 amide bonds. The Morgan fingerprint density at radius 3 is 2.41 bits per heavy atom. The number of likely N-dealkylation sites (tertiary alicyclic amines) is 1. The summed E-state index contributed by atoms with van der Waals surface area (Å²) in [6, 6.07) is -0.886. The predicted molar refractivity (Wildman–Crippen MR) is 140 cm³/mol. The minimum Gasteiger partial charge on any atom is -0.391 e. The molecule has 3 rings (SSSR count). The molecule has 3 fully saturated rings. The van der Waals surface area contributed by atoms with Crippen LogP contribution in [0.2, 0.25) is 0 Å². The van der Waals surface area contributed by atoms with Gasteiger partial charge in [0.2, 0.25) is 21.8 Å². The number of carbonyl (C=O) groups is 3. The third-order valence-corrected chi connectivity index (χ3v) is 10.6. The molecule has 208 valence electrons. The lowest BCUT2D eigenvalue weighted by molar-refractivity contribution is -0.146. The van der Waals surface area contributed by atoms with E-state index in [1.807, 2.05) is 19.9 Å². The van der Waals surface area contributed by atoms with E-state index < -0.39 is 50.3 Å². The van der Waals surface area contributed by atoms with E-state index in [1.54, 1.807) is 19.9 Å². The molecule has 1 heterocycles. The Morgan fingerprint density at radius 2 is 1.86 bits per heavy atom. The number of hydrogen-bond donors (Lipinski definition) is 2. The van der Waals surface area contributed by atoms with Crippen LogP contribution in [-0.2, 0) is 29.1 Å². The fraction of sp³-hybridized carbons (Fsp3) is 0.741. The Balaban J connectivity index is 1.69. The van der Waals surface area contributed by atoms with Crippen LogP contribution in [0, 0.1) is 17.3 Å². The van der Waals surface area contributed by atoms with Gasteiger partial charge in [0.1, 0.15) is 0 Å². The van der Waals surface area contributed by atoms with Crippen LogP contribution in [-0.4, -0.2) is 71.7 Å². The van der Waals surface area contributed by atoms with Gasteiger partial charge in [-0.1, -0.05) is 19.1 Å². The van der Waals surface area contributed by atoms with Crippen LogP contribution in [0.25, 0.3) is 0 Å². The lowest BCUT2D eigenvalue weighted by Gasteiger charge is -2.31. The summed E-state index contributed by atoms with van der Waals surface area (Å²) in [6.45, 7) is 14.6. The van der Waals surface area contributed by atoms with Gasteiger partial charge in [-0.15, -0.1) is 13.2 Å². The highest BCUT2D eigenvalue weighted by molar-refractivity contribution is 7.91. The molecule has 0 aromatic carbocycles. The van der Waals surface area contributed by atoms with Crippen LogP contribution in [0.3, 0.4) is 0 Å². The normalized spacial score (nSPS) is 30.6. The van der Waals surface area contributed by atoms with Crippen LogP contribution < -0.4 is 4.72 Å². The third-order valence-electron chi connectivity index (χ3n) is 8.44. The first-order valence-electron chi connectivity index (χ1n) is 13.2. The Hall–Kier alpha value is -2.04. The van der Waals surface area contributed by atoms with Gasteiger partial charge in [-0.05, 0) is 58.8 Å². The van der Waals surface area contributed by atoms with Gasteiger partial charge in [0.25, 0.3) is 0 Å². The minimum atomic E-state index is -3.85. The summed E-state index contributed by atoms with van der Waals surface area (Å²) < 4.78 is 32.5. The molecule has 0 unspecified atom stereocenters. The van der Waals surface area contributed by atoms with Crippen LogP contribution in [0.1, 0.15) is 72.6 Å². The van der Waals surface area contributed by atoms with E-state index in [9.17, 15) is 27.9 Å².